The molecule has 0 spiro atoms. The van der Waals surface area contributed by atoms with Crippen molar-refractivity contribution in [2.24, 2.45) is 59.3 Å². The molecular weight excluding hydrogens is 1560 g/mol. The molecule has 0 radical (unpaired) electrons. The van der Waals surface area contributed by atoms with Crippen molar-refractivity contribution < 1.29 is 121 Å². The highest BCUT2D eigenvalue weighted by atomic mass is 16.6. The molecule has 3 saturated heterocycles. The smallest absolute Gasteiger partial charge is 0.336 e. The molecule has 0 amide bonds. The van der Waals surface area contributed by atoms with E-state index < -0.39 is 77.6 Å². The Hall–Kier alpha value is -6.58. The monoisotopic (exact) mass is 1710 g/mol. The third-order valence-corrected chi connectivity index (χ3v) is 18.8. The molecule has 37 nitrogen and oxygen atoms in total. The van der Waals surface area contributed by atoms with Gasteiger partial charge in [-0.15, -0.1) is 0 Å². The zero-order valence-electron chi connectivity index (χ0n) is 72.7. The van der Waals surface area contributed by atoms with Gasteiger partial charge >= 0.3 is 35.0 Å². The first kappa shape index (κ1) is 114. The molecule has 1 aromatic rings. The molecule has 0 bridgehead atoms. The number of carbonyl (C=O) groups excluding carboxylic acids is 6. The van der Waals surface area contributed by atoms with E-state index in [4.69, 9.17) is 110 Å². The Morgan fingerprint density at radius 3 is 0.832 bits per heavy atom. The molecule has 0 aromatic carbocycles. The van der Waals surface area contributed by atoms with Gasteiger partial charge in [0.05, 0.1) is 176 Å². The van der Waals surface area contributed by atoms with Gasteiger partial charge in [-0.05, 0) is 99.3 Å². The van der Waals surface area contributed by atoms with Crippen molar-refractivity contribution >= 4 is 36.1 Å². The molecule has 6 atom stereocenters. The zero-order valence-corrected chi connectivity index (χ0v) is 72.7. The van der Waals surface area contributed by atoms with Crippen molar-refractivity contribution in [3.63, 3.8) is 0 Å². The maximum Gasteiger partial charge on any atom is 0.336 e. The number of ether oxygens (including phenoxy) is 12. The first-order chi connectivity index (χ1) is 56.7. The fourth-order valence-corrected chi connectivity index (χ4v) is 9.82. The van der Waals surface area contributed by atoms with E-state index in [0.29, 0.717) is 149 Å². The summed E-state index contributed by atoms with van der Waals surface area (Å²) >= 11 is 0. The van der Waals surface area contributed by atoms with Gasteiger partial charge in [0.2, 0.25) is 18.2 Å². The van der Waals surface area contributed by atoms with Gasteiger partial charge in [-0.25, -0.2) is 71.8 Å². The number of unbranched alkanes of at least 4 members (excludes halogenated alkanes) is 9. The van der Waals surface area contributed by atoms with Crippen molar-refractivity contribution in [3.8, 4) is 0 Å². The minimum Gasteiger partial charge on any atom is -0.461 e. The van der Waals surface area contributed by atoms with E-state index >= 15 is 0 Å². The first-order valence-electron chi connectivity index (χ1n) is 41.0. The fourth-order valence-electron chi connectivity index (χ4n) is 9.82. The van der Waals surface area contributed by atoms with Crippen molar-refractivity contribution in [2.45, 2.75) is 222 Å². The van der Waals surface area contributed by atoms with Crippen LogP contribution >= 0.6 is 0 Å². The summed E-state index contributed by atoms with van der Waals surface area (Å²) in [6, 6.07) is 0.0673. The van der Waals surface area contributed by atoms with Gasteiger partial charge in [0.1, 0.15) is 38.1 Å². The maximum absolute atomic E-state index is 13.0. The number of hydrogen-bond acceptors (Lipinski definition) is 34. The van der Waals surface area contributed by atoms with Crippen LogP contribution in [0.4, 0.5) is 0 Å². The number of nitrogens with zero attached hydrogens (tertiary/aromatic N) is 6. The minimum absolute atomic E-state index is 0.0224. The summed E-state index contributed by atoms with van der Waals surface area (Å²) in [5.74, 6) is -1.69. The molecule has 3 aliphatic heterocycles. The lowest BCUT2D eigenvalue weighted by Gasteiger charge is -2.32. The Balaban J connectivity index is 0. The number of aliphatic hydroxyl groups is 7. The number of epoxide rings is 3. The highest BCUT2D eigenvalue weighted by Crippen LogP contribution is 2.28. The Morgan fingerprint density at radius 1 is 0.412 bits per heavy atom. The standard InChI is InChI=1S/C24H36N6O6.C18H26O6.C15H26O6.C14H33N3O3.C6H14O3.C5H12O4/c31-19-25-13-7-1-4-10-16-28-22(34)29(17-11-5-2-8-14-26-20-32)24(36)30(23(28)35)18-12-6-3-9-15-27-21-33;1-8-18(9-22-15(19)12(2)3,10-23-16(20)13(4)5)11-24-17(21)14(6)7;1-2-15(9-16-3-12-6-19-12,10-17-4-13-7-20-13)11-18-5-14-8-21-14;1-11(15)5-18-8-14(4,9-19-6-12(2)16)10-20-7-13(3)17;1-2-6(3-7,4-8)5-9;6-1-5(2-7,3-8)4-9/h1-18H2;2,4,6,8-11H2,1,3,5,7H3;12-14H,2-11H2,1H3;11-13H,5-10,15-17H2,1-4H3;7-9H,2-5H2,1H3;6-9H,1-4H2. The second kappa shape index (κ2) is 67.9. The number of aliphatic hydroxyl groups excluding tert-OH is 7. The highest BCUT2D eigenvalue weighted by Gasteiger charge is 2.37. The van der Waals surface area contributed by atoms with Crippen LogP contribution in [0.25, 0.3) is 0 Å². The Labute approximate surface area is 702 Å². The average Bonchev–Trinajstić information content (AvgIpc) is 1.07. The van der Waals surface area contributed by atoms with Crippen LogP contribution in [-0.4, -0.2) is 307 Å². The topological polar surface area (TPSA) is 546 Å². The van der Waals surface area contributed by atoms with Gasteiger partial charge in [0.25, 0.3) is 0 Å². The molecule has 6 unspecified atom stereocenters. The molecule has 119 heavy (non-hydrogen) atoms. The van der Waals surface area contributed by atoms with E-state index in [2.05, 4.69) is 48.6 Å². The molecule has 0 saturated carbocycles. The summed E-state index contributed by atoms with van der Waals surface area (Å²) in [6.45, 7) is 37.8. The summed E-state index contributed by atoms with van der Waals surface area (Å²) < 4.78 is 68.8. The van der Waals surface area contributed by atoms with E-state index in [1.807, 2.05) is 34.6 Å². The molecule has 3 aliphatic rings. The predicted molar refractivity (Wildman–Crippen MR) is 444 cm³/mol. The van der Waals surface area contributed by atoms with Gasteiger partial charge in [-0.2, -0.15) is 0 Å². The number of carbonyl (C=O) groups is 3. The van der Waals surface area contributed by atoms with Crippen LogP contribution in [0.15, 0.2) is 65.8 Å². The number of nitrogens with two attached hydrogens (primary N) is 3. The van der Waals surface area contributed by atoms with Crippen molar-refractivity contribution in [1.82, 2.24) is 13.7 Å². The van der Waals surface area contributed by atoms with Gasteiger partial charge in [0.15, 0.2) is 0 Å². The molecule has 3 fully saturated rings. The largest absolute Gasteiger partial charge is 0.461 e. The molecular formula is C82H147N9O28. The number of aromatic nitrogens is 3. The Morgan fingerprint density at radius 2 is 0.647 bits per heavy atom. The third kappa shape index (κ3) is 55.2. The highest BCUT2D eigenvalue weighted by molar-refractivity contribution is 5.88. The van der Waals surface area contributed by atoms with Crippen molar-refractivity contribution in [3.05, 3.63) is 67.9 Å². The molecule has 37 heteroatoms. The van der Waals surface area contributed by atoms with Crippen molar-refractivity contribution in [1.29, 1.82) is 0 Å². The second-order valence-corrected chi connectivity index (χ2v) is 31.4. The van der Waals surface area contributed by atoms with E-state index in [1.54, 1.807) is 0 Å². The van der Waals surface area contributed by atoms with Gasteiger partial charge in [0, 0.05) is 70.7 Å². The fraction of sp³-hybridized carbons (Fsp3) is 0.817. The quantitative estimate of drug-likeness (QED) is 0.00852. The van der Waals surface area contributed by atoms with Crippen LogP contribution in [-0.2, 0) is 105 Å². The van der Waals surface area contributed by atoms with Gasteiger partial charge < -0.3 is 110 Å². The van der Waals surface area contributed by atoms with Crippen LogP contribution in [0.3, 0.4) is 0 Å². The molecule has 4 rings (SSSR count). The number of hydrogen-bond donors (Lipinski definition) is 10. The number of aliphatic imine (C=N–C) groups is 3. The maximum atomic E-state index is 13.0. The summed E-state index contributed by atoms with van der Waals surface area (Å²) in [5.41, 5.74) is 13.0. The lowest BCUT2D eigenvalue weighted by molar-refractivity contribution is -0.157. The lowest BCUT2D eigenvalue weighted by Crippen LogP contribution is -2.54. The molecule has 1 aromatic heterocycles. The Bertz CT molecular complexity index is 2890. The average molecular weight is 1710 g/mol. The normalized spacial score (nSPS) is 16.1. The zero-order chi connectivity index (χ0) is 90.1. The van der Waals surface area contributed by atoms with E-state index in [-0.39, 0.29) is 105 Å². The van der Waals surface area contributed by atoms with E-state index in [1.165, 1.54) is 39.0 Å². The van der Waals surface area contributed by atoms with Crippen LogP contribution in [0.5, 0.6) is 0 Å². The molecule has 4 heterocycles. The van der Waals surface area contributed by atoms with Gasteiger partial charge in [-0.3, -0.25) is 0 Å². The SMILES string of the molecule is C=C(C)C(=O)OCC(CC)(COC(=O)C(=C)C)COC(=O)C(=C)C.CC(N)COCC(C)(COCC(C)N)COCC(C)N.CCC(CO)(CO)CO.CCC(COCC1CO1)(COCC1CO1)COCC1CO1.O=C=NCCCCCCn1c(=O)n(CCCCCCN=C=O)c(=O)n(CCCCCCN=C=O)c1=O.OCC(CO)(CO)CO. The van der Waals surface area contributed by atoms with Crippen LogP contribution in [0, 0.1) is 27.1 Å². The molecule has 0 aliphatic carbocycles. The van der Waals surface area contributed by atoms with Gasteiger partial charge in [-0.1, -0.05) is 86.0 Å². The summed E-state index contributed by atoms with van der Waals surface area (Å²) in [5, 5.41) is 60.0. The third-order valence-electron chi connectivity index (χ3n) is 18.8. The van der Waals surface area contributed by atoms with Crippen LogP contribution in [0.2, 0.25) is 0 Å². The van der Waals surface area contributed by atoms with E-state index in [9.17, 15) is 43.2 Å². The molecule has 13 N–H and O–H groups in total. The summed E-state index contributed by atoms with van der Waals surface area (Å²) in [4.78, 5) is 115. The van der Waals surface area contributed by atoms with Crippen molar-refractivity contribution in [2.75, 3.05) is 185 Å². The second-order valence-electron chi connectivity index (χ2n) is 31.4. The number of rotatable bonds is 64. The first-order valence-corrected chi connectivity index (χ1v) is 41.0. The van der Waals surface area contributed by atoms with E-state index in [0.717, 1.165) is 97.7 Å². The molecule has 688 valence electrons. The number of esters is 3. The summed E-state index contributed by atoms with van der Waals surface area (Å²) in [7, 11) is 0. The summed E-state index contributed by atoms with van der Waals surface area (Å²) in [6.07, 6.45) is 16.0. The Kier molecular flexibility index (Phi) is 65.3. The number of isocyanates is 3. The van der Waals surface area contributed by atoms with Crippen LogP contribution < -0.4 is 34.3 Å². The minimum atomic E-state index is -1.11. The van der Waals surface area contributed by atoms with Crippen LogP contribution in [0.1, 0.15) is 166 Å². The predicted octanol–water partition coefficient (Wildman–Crippen LogP) is 2.62. The lowest BCUT2D eigenvalue weighted by atomic mass is 9.88.